The zero-order valence-electron chi connectivity index (χ0n) is 12.9. The quantitative estimate of drug-likeness (QED) is 0.917. The zero-order valence-corrected chi connectivity index (χ0v) is 13.7. The van der Waals surface area contributed by atoms with Crippen molar-refractivity contribution in [2.75, 3.05) is 13.1 Å². The summed E-state index contributed by atoms with van der Waals surface area (Å²) in [6.07, 6.45) is 2.78. The SMILES string of the molecule is NC(=O)CN1CCCC1c1cccc(Cc2ccccc2Cl)n1. The van der Waals surface area contributed by atoms with Gasteiger partial charge in [-0.3, -0.25) is 14.7 Å². The van der Waals surface area contributed by atoms with E-state index >= 15 is 0 Å². The first-order valence-corrected chi connectivity index (χ1v) is 8.23. The third kappa shape index (κ3) is 3.89. The summed E-state index contributed by atoms with van der Waals surface area (Å²) in [4.78, 5) is 18.1. The van der Waals surface area contributed by atoms with Gasteiger partial charge in [-0.15, -0.1) is 0 Å². The highest BCUT2D eigenvalue weighted by Gasteiger charge is 2.28. The molecule has 1 fully saturated rings. The first kappa shape index (κ1) is 16.0. The summed E-state index contributed by atoms with van der Waals surface area (Å²) in [6.45, 7) is 1.19. The van der Waals surface area contributed by atoms with Gasteiger partial charge in [0.1, 0.15) is 0 Å². The molecule has 0 spiro atoms. The maximum Gasteiger partial charge on any atom is 0.231 e. The molecule has 1 unspecified atom stereocenters. The van der Waals surface area contributed by atoms with Crippen molar-refractivity contribution in [3.8, 4) is 0 Å². The molecule has 1 saturated heterocycles. The fraction of sp³-hybridized carbons (Fsp3) is 0.333. The molecule has 3 rings (SSSR count). The van der Waals surface area contributed by atoms with Crippen molar-refractivity contribution >= 4 is 17.5 Å². The Labute approximate surface area is 141 Å². The van der Waals surface area contributed by atoms with Gasteiger partial charge in [0.05, 0.1) is 18.3 Å². The lowest BCUT2D eigenvalue weighted by molar-refractivity contribution is -0.119. The van der Waals surface area contributed by atoms with Crippen molar-refractivity contribution in [3.05, 3.63) is 64.4 Å². The van der Waals surface area contributed by atoms with E-state index in [9.17, 15) is 4.79 Å². The van der Waals surface area contributed by atoms with Crippen molar-refractivity contribution in [2.45, 2.75) is 25.3 Å². The number of hydrogen-bond acceptors (Lipinski definition) is 3. The highest BCUT2D eigenvalue weighted by Crippen LogP contribution is 2.30. The molecular weight excluding hydrogens is 310 g/mol. The molecule has 23 heavy (non-hydrogen) atoms. The Bertz CT molecular complexity index is 704. The van der Waals surface area contributed by atoms with Crippen molar-refractivity contribution < 1.29 is 4.79 Å². The van der Waals surface area contributed by atoms with Crippen LogP contribution < -0.4 is 5.73 Å². The van der Waals surface area contributed by atoms with Crippen molar-refractivity contribution in [3.63, 3.8) is 0 Å². The Balaban J connectivity index is 1.80. The fourth-order valence-electron chi connectivity index (χ4n) is 3.17. The van der Waals surface area contributed by atoms with Crippen molar-refractivity contribution in [1.82, 2.24) is 9.88 Å². The van der Waals surface area contributed by atoms with E-state index < -0.39 is 0 Å². The molecule has 4 nitrogen and oxygen atoms in total. The molecule has 1 aromatic carbocycles. The Hall–Kier alpha value is -1.91. The Morgan fingerprint density at radius 1 is 1.26 bits per heavy atom. The minimum atomic E-state index is -0.288. The highest BCUT2D eigenvalue weighted by atomic mass is 35.5. The maximum absolute atomic E-state index is 11.2. The van der Waals surface area contributed by atoms with Gasteiger partial charge in [-0.1, -0.05) is 35.9 Å². The molecule has 1 atom stereocenters. The molecular formula is C18H20ClN3O. The van der Waals surface area contributed by atoms with Crippen LogP contribution in [0.1, 0.15) is 35.8 Å². The molecule has 1 amide bonds. The summed E-state index contributed by atoms with van der Waals surface area (Å²) < 4.78 is 0. The Morgan fingerprint density at radius 2 is 2.09 bits per heavy atom. The van der Waals surface area contributed by atoms with Crippen molar-refractivity contribution in [1.29, 1.82) is 0 Å². The molecule has 1 aliphatic heterocycles. The third-order valence-electron chi connectivity index (χ3n) is 4.22. The van der Waals surface area contributed by atoms with Crippen LogP contribution in [0.15, 0.2) is 42.5 Å². The second-order valence-corrected chi connectivity index (χ2v) is 6.32. The monoisotopic (exact) mass is 329 g/mol. The minimum absolute atomic E-state index is 0.175. The number of rotatable bonds is 5. The van der Waals surface area contributed by atoms with Gasteiger partial charge in [0, 0.05) is 17.1 Å². The number of pyridine rings is 1. The van der Waals surface area contributed by atoms with E-state index in [0.29, 0.717) is 13.0 Å². The largest absolute Gasteiger partial charge is 0.369 e. The van der Waals surface area contributed by atoms with Crippen LogP contribution >= 0.6 is 11.6 Å². The smallest absolute Gasteiger partial charge is 0.231 e. The molecule has 2 N–H and O–H groups in total. The second-order valence-electron chi connectivity index (χ2n) is 5.92. The Kier molecular flexibility index (Phi) is 4.94. The summed E-state index contributed by atoms with van der Waals surface area (Å²) in [7, 11) is 0. The van der Waals surface area contributed by atoms with Gasteiger partial charge in [-0.2, -0.15) is 0 Å². The number of likely N-dealkylation sites (tertiary alicyclic amines) is 1. The van der Waals surface area contributed by atoms with E-state index in [4.69, 9.17) is 22.3 Å². The highest BCUT2D eigenvalue weighted by molar-refractivity contribution is 6.31. The molecule has 0 radical (unpaired) electrons. The number of carbonyl (C=O) groups is 1. The Morgan fingerprint density at radius 3 is 2.87 bits per heavy atom. The van der Waals surface area contributed by atoms with Gasteiger partial charge in [-0.25, -0.2) is 0 Å². The number of halogens is 1. The number of benzene rings is 1. The van der Waals surface area contributed by atoms with Gasteiger partial charge in [0.15, 0.2) is 0 Å². The minimum Gasteiger partial charge on any atom is -0.369 e. The molecule has 1 aromatic heterocycles. The lowest BCUT2D eigenvalue weighted by Gasteiger charge is -2.22. The summed E-state index contributed by atoms with van der Waals surface area (Å²) in [5, 5.41) is 0.760. The van der Waals surface area contributed by atoms with E-state index in [0.717, 1.165) is 41.4 Å². The van der Waals surface area contributed by atoms with Gasteiger partial charge < -0.3 is 5.73 Å². The first-order valence-electron chi connectivity index (χ1n) is 7.85. The number of amides is 1. The average molecular weight is 330 g/mol. The van der Waals surface area contributed by atoms with E-state index in [1.807, 2.05) is 42.5 Å². The number of aromatic nitrogens is 1. The number of carbonyl (C=O) groups excluding carboxylic acids is 1. The molecule has 0 saturated carbocycles. The molecule has 0 aliphatic carbocycles. The van der Waals surface area contributed by atoms with Gasteiger partial charge in [-0.05, 0) is 43.1 Å². The third-order valence-corrected chi connectivity index (χ3v) is 4.59. The van der Waals surface area contributed by atoms with Crippen LogP contribution in [0.3, 0.4) is 0 Å². The molecule has 2 heterocycles. The van der Waals surface area contributed by atoms with Crippen LogP contribution in [0.5, 0.6) is 0 Å². The normalized spacial score (nSPS) is 18.2. The first-order chi connectivity index (χ1) is 11.1. The van der Waals surface area contributed by atoms with Gasteiger partial charge in [0.2, 0.25) is 5.91 Å². The average Bonchev–Trinajstić information content (AvgIpc) is 2.97. The molecule has 120 valence electrons. The lowest BCUT2D eigenvalue weighted by atomic mass is 10.1. The standard InChI is InChI=1S/C18H20ClN3O/c19-15-7-2-1-5-13(15)11-14-6-3-8-16(21-14)17-9-4-10-22(17)12-18(20)23/h1-3,5-8,17H,4,9-12H2,(H2,20,23). The van der Waals surface area contributed by atoms with Crippen LogP contribution in [-0.4, -0.2) is 28.9 Å². The summed E-state index contributed by atoms with van der Waals surface area (Å²) in [6, 6.07) is 14.1. The van der Waals surface area contributed by atoms with E-state index in [-0.39, 0.29) is 11.9 Å². The predicted molar refractivity (Wildman–Crippen MR) is 91.2 cm³/mol. The van der Waals surface area contributed by atoms with Crippen molar-refractivity contribution in [2.24, 2.45) is 5.73 Å². The summed E-state index contributed by atoms with van der Waals surface area (Å²) >= 11 is 6.23. The zero-order chi connectivity index (χ0) is 16.2. The van der Waals surface area contributed by atoms with Gasteiger partial charge >= 0.3 is 0 Å². The van der Waals surface area contributed by atoms with E-state index in [2.05, 4.69) is 4.90 Å². The molecule has 0 bridgehead atoms. The number of primary amides is 1. The van der Waals surface area contributed by atoms with Crippen LogP contribution in [0.4, 0.5) is 0 Å². The van der Waals surface area contributed by atoms with Crippen LogP contribution in [0.25, 0.3) is 0 Å². The number of hydrogen-bond donors (Lipinski definition) is 1. The second kappa shape index (κ2) is 7.11. The number of nitrogens with two attached hydrogens (primary N) is 1. The molecule has 1 aliphatic rings. The summed E-state index contributed by atoms with van der Waals surface area (Å²) in [5.41, 5.74) is 8.41. The van der Waals surface area contributed by atoms with E-state index in [1.165, 1.54) is 0 Å². The molecule has 2 aromatic rings. The number of nitrogens with zero attached hydrogens (tertiary/aromatic N) is 2. The lowest BCUT2D eigenvalue weighted by Crippen LogP contribution is -2.33. The fourth-order valence-corrected chi connectivity index (χ4v) is 3.37. The summed E-state index contributed by atoms with van der Waals surface area (Å²) in [5.74, 6) is -0.288. The maximum atomic E-state index is 11.2. The van der Waals surface area contributed by atoms with Crippen LogP contribution in [0.2, 0.25) is 5.02 Å². The topological polar surface area (TPSA) is 59.2 Å². The van der Waals surface area contributed by atoms with Crippen LogP contribution in [-0.2, 0) is 11.2 Å². The predicted octanol–water partition coefficient (Wildman–Crippen LogP) is 2.95. The van der Waals surface area contributed by atoms with E-state index in [1.54, 1.807) is 0 Å². The van der Waals surface area contributed by atoms with Crippen LogP contribution in [0, 0.1) is 0 Å². The molecule has 5 heteroatoms. The van der Waals surface area contributed by atoms with Gasteiger partial charge in [0.25, 0.3) is 0 Å².